The van der Waals surface area contributed by atoms with Crippen LogP contribution in [0, 0.1) is 5.82 Å². The van der Waals surface area contributed by atoms with Gasteiger partial charge in [0.15, 0.2) is 0 Å². The topological polar surface area (TPSA) is 63.6 Å². The van der Waals surface area contributed by atoms with Gasteiger partial charge in [0.2, 0.25) is 0 Å². The third kappa shape index (κ3) is 5.16. The molecule has 1 N–H and O–H groups in total. The summed E-state index contributed by atoms with van der Waals surface area (Å²) in [6, 6.07) is 4.20. The number of halogens is 1. The molecule has 0 heterocycles. The first kappa shape index (κ1) is 15.9. The molecule has 0 radical (unpaired) electrons. The second-order valence-electron chi connectivity index (χ2n) is 4.30. The van der Waals surface area contributed by atoms with Gasteiger partial charge < -0.3 is 9.84 Å². The maximum absolute atomic E-state index is 13.5. The summed E-state index contributed by atoms with van der Waals surface area (Å²) in [5.41, 5.74) is 0.209. The van der Waals surface area contributed by atoms with Crippen LogP contribution in [-0.4, -0.2) is 31.6 Å². The van der Waals surface area contributed by atoms with E-state index < -0.39 is 21.8 Å². The molecule has 0 amide bonds. The van der Waals surface area contributed by atoms with E-state index in [0.717, 1.165) is 0 Å². The maximum Gasteiger partial charge on any atom is 0.150 e. The highest BCUT2D eigenvalue weighted by Crippen LogP contribution is 2.21. The summed E-state index contributed by atoms with van der Waals surface area (Å²) in [5, 5.41) is 9.28. The van der Waals surface area contributed by atoms with Crippen LogP contribution >= 0.6 is 0 Å². The van der Waals surface area contributed by atoms with Crippen LogP contribution in [0.15, 0.2) is 18.2 Å². The molecule has 1 aromatic carbocycles. The fraction of sp³-hybridized carbons (Fsp3) is 0.538. The van der Waals surface area contributed by atoms with E-state index in [1.54, 1.807) is 13.0 Å². The summed E-state index contributed by atoms with van der Waals surface area (Å²) in [6.07, 6.45) is -0.501. The van der Waals surface area contributed by atoms with E-state index in [0.29, 0.717) is 12.2 Å². The average molecular weight is 290 g/mol. The maximum atomic E-state index is 13.5. The van der Waals surface area contributed by atoms with Crippen LogP contribution in [-0.2, 0) is 9.84 Å². The summed E-state index contributed by atoms with van der Waals surface area (Å²) >= 11 is 0. The minimum Gasteiger partial charge on any atom is -0.493 e. The van der Waals surface area contributed by atoms with Gasteiger partial charge in [0.05, 0.1) is 18.5 Å². The minimum atomic E-state index is -2.99. The van der Waals surface area contributed by atoms with Gasteiger partial charge in [0.1, 0.15) is 21.4 Å². The first-order valence-corrected chi connectivity index (χ1v) is 7.98. The van der Waals surface area contributed by atoms with Gasteiger partial charge in [-0.2, -0.15) is 0 Å². The monoisotopic (exact) mass is 290 g/mol. The van der Waals surface area contributed by atoms with Crippen molar-refractivity contribution in [2.45, 2.75) is 26.4 Å². The number of rotatable bonds is 7. The highest BCUT2D eigenvalue weighted by molar-refractivity contribution is 7.91. The molecular formula is C13H19FO4S. The SMILES string of the molecule is CCS(=O)(=O)CCCOc1ccc(C(C)O)c(F)c1. The molecule has 0 saturated carbocycles. The smallest absolute Gasteiger partial charge is 0.150 e. The lowest BCUT2D eigenvalue weighted by atomic mass is 10.1. The van der Waals surface area contributed by atoms with Gasteiger partial charge in [-0.25, -0.2) is 12.8 Å². The summed E-state index contributed by atoms with van der Waals surface area (Å²) in [5.74, 6) is -0.0212. The summed E-state index contributed by atoms with van der Waals surface area (Å²) in [6.45, 7) is 3.29. The first-order valence-electron chi connectivity index (χ1n) is 6.16. The predicted molar refractivity (Wildman–Crippen MR) is 71.5 cm³/mol. The zero-order valence-corrected chi connectivity index (χ0v) is 11.9. The van der Waals surface area contributed by atoms with E-state index in [1.165, 1.54) is 19.1 Å². The Morgan fingerprint density at radius 2 is 2.11 bits per heavy atom. The molecule has 108 valence electrons. The first-order chi connectivity index (χ1) is 8.85. The van der Waals surface area contributed by atoms with Crippen LogP contribution in [0.25, 0.3) is 0 Å². The number of hydrogen-bond donors (Lipinski definition) is 1. The molecule has 0 spiro atoms. The van der Waals surface area contributed by atoms with Crippen molar-refractivity contribution in [3.05, 3.63) is 29.6 Å². The highest BCUT2D eigenvalue weighted by atomic mass is 32.2. The number of aliphatic hydroxyl groups is 1. The molecule has 0 fully saturated rings. The van der Waals surface area contributed by atoms with Crippen molar-refractivity contribution in [2.75, 3.05) is 18.1 Å². The fourth-order valence-corrected chi connectivity index (χ4v) is 2.40. The lowest BCUT2D eigenvalue weighted by Crippen LogP contribution is -2.12. The lowest BCUT2D eigenvalue weighted by molar-refractivity contribution is 0.194. The van der Waals surface area contributed by atoms with Gasteiger partial charge in [0.25, 0.3) is 0 Å². The normalized spacial score (nSPS) is 13.3. The van der Waals surface area contributed by atoms with Gasteiger partial charge in [-0.1, -0.05) is 6.92 Å². The van der Waals surface area contributed by atoms with Gasteiger partial charge >= 0.3 is 0 Å². The van der Waals surface area contributed by atoms with Crippen LogP contribution in [0.5, 0.6) is 5.75 Å². The van der Waals surface area contributed by atoms with E-state index in [9.17, 15) is 17.9 Å². The van der Waals surface area contributed by atoms with E-state index in [-0.39, 0.29) is 23.7 Å². The minimum absolute atomic E-state index is 0.0672. The molecule has 4 nitrogen and oxygen atoms in total. The second-order valence-corrected chi connectivity index (χ2v) is 6.77. The van der Waals surface area contributed by atoms with Crippen LogP contribution in [0.3, 0.4) is 0 Å². The van der Waals surface area contributed by atoms with Crippen molar-refractivity contribution in [1.82, 2.24) is 0 Å². The van der Waals surface area contributed by atoms with Gasteiger partial charge in [-0.15, -0.1) is 0 Å². The molecule has 0 aliphatic rings. The molecule has 1 unspecified atom stereocenters. The van der Waals surface area contributed by atoms with E-state index in [1.807, 2.05) is 0 Å². The Balaban J connectivity index is 2.49. The van der Waals surface area contributed by atoms with E-state index in [4.69, 9.17) is 4.74 Å². The predicted octanol–water partition coefficient (Wildman–Crippen LogP) is 2.08. The number of sulfone groups is 1. The molecule has 6 heteroatoms. The van der Waals surface area contributed by atoms with Crippen molar-refractivity contribution in [3.8, 4) is 5.75 Å². The molecule has 19 heavy (non-hydrogen) atoms. The number of aliphatic hydroxyl groups excluding tert-OH is 1. The quantitative estimate of drug-likeness (QED) is 0.781. The lowest BCUT2D eigenvalue weighted by Gasteiger charge is -2.10. The summed E-state index contributed by atoms with van der Waals surface area (Å²) in [4.78, 5) is 0. The molecule has 0 bridgehead atoms. The van der Waals surface area contributed by atoms with Crippen LogP contribution in [0.1, 0.15) is 31.9 Å². The number of benzene rings is 1. The Morgan fingerprint density at radius 1 is 1.42 bits per heavy atom. The Bertz CT molecular complexity index is 511. The second kappa shape index (κ2) is 6.86. The zero-order valence-electron chi connectivity index (χ0n) is 11.1. The van der Waals surface area contributed by atoms with Crippen molar-refractivity contribution in [2.24, 2.45) is 0 Å². The van der Waals surface area contributed by atoms with E-state index in [2.05, 4.69) is 0 Å². The standard InChI is InChI=1S/C13H19FO4S/c1-3-19(16,17)8-4-7-18-11-5-6-12(10(2)15)13(14)9-11/h5-6,9-10,15H,3-4,7-8H2,1-2H3. The molecule has 1 atom stereocenters. The summed E-state index contributed by atoms with van der Waals surface area (Å²) < 4.78 is 41.3. The van der Waals surface area contributed by atoms with Gasteiger partial charge in [-0.3, -0.25) is 0 Å². The van der Waals surface area contributed by atoms with E-state index >= 15 is 0 Å². The van der Waals surface area contributed by atoms with Gasteiger partial charge in [-0.05, 0) is 25.5 Å². The van der Waals surface area contributed by atoms with Crippen molar-refractivity contribution >= 4 is 9.84 Å². The Kier molecular flexibility index (Phi) is 5.75. The highest BCUT2D eigenvalue weighted by Gasteiger charge is 2.10. The van der Waals surface area contributed by atoms with Crippen molar-refractivity contribution in [3.63, 3.8) is 0 Å². The largest absolute Gasteiger partial charge is 0.493 e. The molecule has 0 saturated heterocycles. The van der Waals surface area contributed by atoms with Crippen LogP contribution < -0.4 is 4.74 Å². The van der Waals surface area contributed by atoms with Crippen LogP contribution in [0.2, 0.25) is 0 Å². The molecule has 0 aliphatic heterocycles. The molecule has 0 aliphatic carbocycles. The third-order valence-electron chi connectivity index (χ3n) is 2.73. The van der Waals surface area contributed by atoms with Crippen molar-refractivity contribution < 1.29 is 22.7 Å². The number of hydrogen-bond acceptors (Lipinski definition) is 4. The molecular weight excluding hydrogens is 271 g/mol. The number of ether oxygens (including phenoxy) is 1. The van der Waals surface area contributed by atoms with Crippen molar-refractivity contribution in [1.29, 1.82) is 0 Å². The van der Waals surface area contributed by atoms with Gasteiger partial charge in [0, 0.05) is 17.4 Å². The summed E-state index contributed by atoms with van der Waals surface area (Å²) in [7, 11) is -2.99. The Hall–Kier alpha value is -1.14. The zero-order chi connectivity index (χ0) is 14.5. The Labute approximate surface area is 113 Å². The fourth-order valence-electron chi connectivity index (χ4n) is 1.55. The molecule has 1 rings (SSSR count). The third-order valence-corrected chi connectivity index (χ3v) is 4.52. The molecule has 0 aromatic heterocycles. The Morgan fingerprint density at radius 3 is 2.63 bits per heavy atom. The molecule has 1 aromatic rings. The average Bonchev–Trinajstić information content (AvgIpc) is 2.34. The van der Waals surface area contributed by atoms with Crippen LogP contribution in [0.4, 0.5) is 4.39 Å².